The fraction of sp³-hybridized carbons (Fsp3) is 0.250. The van der Waals surface area contributed by atoms with Crippen molar-refractivity contribution in [2.75, 3.05) is 29.9 Å². The number of aromatic nitrogens is 3. The molecule has 2 saturated heterocycles. The predicted octanol–water partition coefficient (Wildman–Crippen LogP) is 4.98. The number of piperidine rings is 1. The fourth-order valence-electron chi connectivity index (χ4n) is 5.39. The quantitative estimate of drug-likeness (QED) is 0.242. The summed E-state index contributed by atoms with van der Waals surface area (Å²) in [5.74, 6) is 0.640. The fourth-order valence-corrected chi connectivity index (χ4v) is 6.06. The number of thioether (sulfide) groups is 1. The zero-order valence-electron chi connectivity index (χ0n) is 23.7. The molecule has 3 amide bonds. The highest BCUT2D eigenvalue weighted by molar-refractivity contribution is 8.18. The Morgan fingerprint density at radius 2 is 1.91 bits per heavy atom. The average molecular weight is 594 g/mol. The largest absolute Gasteiger partial charge is 0.341 e. The van der Waals surface area contributed by atoms with E-state index in [1.54, 1.807) is 18.3 Å². The van der Waals surface area contributed by atoms with Crippen molar-refractivity contribution >= 4 is 57.3 Å². The summed E-state index contributed by atoms with van der Waals surface area (Å²) in [6.45, 7) is 4.69. The molecule has 0 saturated carbocycles. The summed E-state index contributed by atoms with van der Waals surface area (Å²) in [7, 11) is 0. The molecule has 2 aromatic heterocycles. The van der Waals surface area contributed by atoms with Crippen molar-refractivity contribution in [1.82, 2.24) is 25.6 Å². The highest BCUT2D eigenvalue weighted by atomic mass is 32.2. The van der Waals surface area contributed by atoms with Gasteiger partial charge in [-0.3, -0.25) is 24.7 Å². The van der Waals surface area contributed by atoms with Gasteiger partial charge in [-0.05, 0) is 72.8 Å². The zero-order chi connectivity index (χ0) is 29.8. The molecule has 0 aliphatic carbocycles. The summed E-state index contributed by atoms with van der Waals surface area (Å²) >= 11 is 0.881. The number of hydrogen-bond acceptors (Lipinski definition) is 9. The number of imide groups is 1. The van der Waals surface area contributed by atoms with Crippen LogP contribution in [0.1, 0.15) is 31.2 Å². The van der Waals surface area contributed by atoms with E-state index in [4.69, 9.17) is 4.98 Å². The van der Waals surface area contributed by atoms with Crippen LogP contribution in [0, 0.1) is 5.92 Å². The van der Waals surface area contributed by atoms with Crippen molar-refractivity contribution in [1.29, 1.82) is 0 Å². The Kier molecular flexibility index (Phi) is 8.43. The van der Waals surface area contributed by atoms with Gasteiger partial charge in [0.2, 0.25) is 11.9 Å². The van der Waals surface area contributed by atoms with Crippen LogP contribution in [0.3, 0.4) is 0 Å². The molecule has 0 spiro atoms. The molecule has 6 rings (SSSR count). The average Bonchev–Trinajstić information content (AvgIpc) is 3.33. The Labute approximate surface area is 253 Å². The highest BCUT2D eigenvalue weighted by Gasteiger charge is 2.26. The lowest BCUT2D eigenvalue weighted by molar-refractivity contribution is -0.115. The Bertz CT molecular complexity index is 1730. The Hall–Kier alpha value is -4.61. The van der Waals surface area contributed by atoms with Crippen molar-refractivity contribution in [2.45, 2.75) is 26.3 Å². The monoisotopic (exact) mass is 593 g/mol. The number of nitrogens with one attached hydrogen (secondary N) is 3. The normalized spacial score (nSPS) is 16.6. The van der Waals surface area contributed by atoms with Crippen LogP contribution in [-0.4, -0.2) is 51.6 Å². The third kappa shape index (κ3) is 6.90. The molecular weight excluding hydrogens is 562 g/mol. The van der Waals surface area contributed by atoms with E-state index in [0.29, 0.717) is 29.0 Å². The topological polar surface area (TPSA) is 129 Å². The molecular formula is C32H31N7O3S. The summed E-state index contributed by atoms with van der Waals surface area (Å²) in [6, 6.07) is 19.9. The van der Waals surface area contributed by atoms with Crippen LogP contribution >= 0.6 is 11.8 Å². The molecule has 0 unspecified atom stereocenters. The molecule has 2 fully saturated rings. The van der Waals surface area contributed by atoms with Gasteiger partial charge in [0.15, 0.2) is 0 Å². The van der Waals surface area contributed by atoms with E-state index in [1.165, 1.54) is 6.92 Å². The third-order valence-corrected chi connectivity index (χ3v) is 8.32. The van der Waals surface area contributed by atoms with Gasteiger partial charge in [0.25, 0.3) is 11.1 Å². The van der Waals surface area contributed by atoms with Crippen molar-refractivity contribution in [2.24, 2.45) is 5.92 Å². The predicted molar refractivity (Wildman–Crippen MR) is 169 cm³/mol. The van der Waals surface area contributed by atoms with Crippen LogP contribution in [-0.2, 0) is 16.1 Å². The van der Waals surface area contributed by atoms with Crippen molar-refractivity contribution in [3.8, 4) is 11.3 Å². The van der Waals surface area contributed by atoms with Crippen molar-refractivity contribution in [3.63, 3.8) is 0 Å². The Morgan fingerprint density at radius 1 is 1.07 bits per heavy atom. The van der Waals surface area contributed by atoms with E-state index in [1.807, 2.05) is 36.4 Å². The molecule has 3 N–H and O–H groups in total. The molecule has 218 valence electrons. The second-order valence-electron chi connectivity index (χ2n) is 10.6. The Balaban J connectivity index is 1.08. The first-order chi connectivity index (χ1) is 20.9. The van der Waals surface area contributed by atoms with Crippen molar-refractivity contribution < 1.29 is 14.4 Å². The number of nitrogens with zero attached hydrogens (tertiary/aromatic N) is 4. The summed E-state index contributed by atoms with van der Waals surface area (Å²) in [4.78, 5) is 51.5. The second-order valence-corrected chi connectivity index (χ2v) is 11.6. The summed E-state index contributed by atoms with van der Waals surface area (Å²) in [6.07, 6.45) is 5.31. The smallest absolute Gasteiger partial charge is 0.290 e. The van der Waals surface area contributed by atoms with Gasteiger partial charge in [0.05, 0.1) is 22.0 Å². The number of amides is 3. The number of fused-ring (bicyclic) bond motifs is 1. The van der Waals surface area contributed by atoms with E-state index in [-0.39, 0.29) is 11.1 Å². The number of pyridine rings is 1. The number of carbonyl (C=O) groups excluding carboxylic acids is 3. The van der Waals surface area contributed by atoms with E-state index >= 15 is 0 Å². The van der Waals surface area contributed by atoms with Gasteiger partial charge in [-0.25, -0.2) is 9.97 Å². The van der Waals surface area contributed by atoms with Gasteiger partial charge >= 0.3 is 0 Å². The van der Waals surface area contributed by atoms with Crippen LogP contribution in [0.15, 0.2) is 71.8 Å². The first-order valence-corrected chi connectivity index (χ1v) is 15.0. The van der Waals surface area contributed by atoms with Gasteiger partial charge in [-0.1, -0.05) is 36.4 Å². The van der Waals surface area contributed by atoms with Gasteiger partial charge < -0.3 is 15.5 Å². The van der Waals surface area contributed by atoms with Crippen molar-refractivity contribution in [3.05, 3.63) is 83.2 Å². The molecule has 0 bridgehead atoms. The maximum Gasteiger partial charge on any atom is 0.290 e. The second kappa shape index (κ2) is 12.7. The minimum absolute atomic E-state index is 0.106. The minimum atomic E-state index is -0.394. The molecule has 11 heteroatoms. The highest BCUT2D eigenvalue weighted by Crippen LogP contribution is 2.28. The lowest BCUT2D eigenvalue weighted by atomic mass is 9.97. The standard InChI is InChI=1S/C32H31N7O3S/c1-20(40)35-24-7-4-6-23(15-24)27-16-22-5-2-3-8-26(22)28(37-27)19-33-18-21-10-13-39(14-11-21)31-34-12-9-25(36-31)17-29-30(41)38-32(42)43-29/h2-9,12,15-17,21,33H,10-11,13-14,18-19H2,1H3,(H,35,40)(H,38,41,42). The summed E-state index contributed by atoms with van der Waals surface area (Å²) in [5.41, 5.74) is 4.16. The van der Waals surface area contributed by atoms with Gasteiger partial charge in [0, 0.05) is 49.4 Å². The van der Waals surface area contributed by atoms with E-state index in [0.717, 1.165) is 77.6 Å². The van der Waals surface area contributed by atoms with Crippen LogP contribution in [0.4, 0.5) is 16.4 Å². The molecule has 10 nitrogen and oxygen atoms in total. The Morgan fingerprint density at radius 3 is 2.70 bits per heavy atom. The first kappa shape index (κ1) is 28.5. The number of carbonyl (C=O) groups is 3. The van der Waals surface area contributed by atoms with Gasteiger partial charge in [0.1, 0.15) is 0 Å². The van der Waals surface area contributed by atoms with Gasteiger partial charge in [-0.15, -0.1) is 0 Å². The zero-order valence-corrected chi connectivity index (χ0v) is 24.5. The number of hydrogen-bond donors (Lipinski definition) is 3. The summed E-state index contributed by atoms with van der Waals surface area (Å²) < 4.78 is 0. The lowest BCUT2D eigenvalue weighted by Crippen LogP contribution is -2.38. The molecule has 4 heterocycles. The number of anilines is 2. The van der Waals surface area contributed by atoms with E-state index in [2.05, 4.69) is 49.0 Å². The molecule has 43 heavy (non-hydrogen) atoms. The van der Waals surface area contributed by atoms with Gasteiger partial charge in [-0.2, -0.15) is 0 Å². The molecule has 2 aromatic carbocycles. The molecule has 0 radical (unpaired) electrons. The number of benzene rings is 2. The van der Waals surface area contributed by atoms with Crippen LogP contribution in [0.5, 0.6) is 0 Å². The van der Waals surface area contributed by atoms with Crippen LogP contribution < -0.4 is 20.9 Å². The maximum absolute atomic E-state index is 11.9. The van der Waals surface area contributed by atoms with E-state index < -0.39 is 5.91 Å². The van der Waals surface area contributed by atoms with Crippen LogP contribution in [0.25, 0.3) is 28.1 Å². The summed E-state index contributed by atoms with van der Waals surface area (Å²) in [5, 5.41) is 10.6. The maximum atomic E-state index is 11.9. The molecule has 2 aliphatic rings. The first-order valence-electron chi connectivity index (χ1n) is 14.2. The number of rotatable bonds is 8. The molecule has 2 aliphatic heterocycles. The third-order valence-electron chi connectivity index (χ3n) is 7.51. The minimum Gasteiger partial charge on any atom is -0.341 e. The van der Waals surface area contributed by atoms with E-state index in [9.17, 15) is 14.4 Å². The molecule has 0 atom stereocenters. The SMILES string of the molecule is CC(=O)Nc1cccc(-c2cc3ccccc3c(CNCC3CCN(c4nccc(C=C5SC(=O)NC5=O)n4)CC3)n2)c1. The molecule has 4 aromatic rings. The van der Waals surface area contributed by atoms with Crippen LogP contribution in [0.2, 0.25) is 0 Å². The lowest BCUT2D eigenvalue weighted by Gasteiger charge is -2.32.